The maximum absolute atomic E-state index is 10.6. The van der Waals surface area contributed by atoms with Gasteiger partial charge in [0, 0.05) is 6.42 Å². The van der Waals surface area contributed by atoms with Gasteiger partial charge in [-0.3, -0.25) is 4.79 Å². The number of hydrogen-bond donors (Lipinski definition) is 1. The van der Waals surface area contributed by atoms with Gasteiger partial charge in [-0.1, -0.05) is 58.2 Å². The van der Waals surface area contributed by atoms with Gasteiger partial charge in [-0.15, -0.1) is 0 Å². The molecule has 2 heteroatoms. The van der Waals surface area contributed by atoms with Crippen molar-refractivity contribution in [2.45, 2.75) is 106 Å². The highest BCUT2D eigenvalue weighted by atomic mass is 16.4. The number of carboxylic acids is 1. The van der Waals surface area contributed by atoms with Crippen molar-refractivity contribution >= 4 is 5.97 Å². The van der Waals surface area contributed by atoms with Crippen LogP contribution in [0.1, 0.15) is 106 Å². The van der Waals surface area contributed by atoms with Gasteiger partial charge in [-0.25, -0.2) is 0 Å². The summed E-state index contributed by atoms with van der Waals surface area (Å²) in [6.07, 6.45) is 21.4. The second-order valence-corrected chi connectivity index (χ2v) is 8.57. The molecule has 164 valence electrons. The third-order valence-corrected chi connectivity index (χ3v) is 5.04. The third kappa shape index (κ3) is 19.3. The third-order valence-electron chi connectivity index (χ3n) is 5.04. The first-order valence-electron chi connectivity index (χ1n) is 11.2. The van der Waals surface area contributed by atoms with E-state index < -0.39 is 5.97 Å². The molecule has 0 aromatic rings. The molecule has 0 aliphatic heterocycles. The quantitative estimate of drug-likeness (QED) is 0.220. The number of rotatable bonds is 15. The fraction of sp³-hybridized carbons (Fsp3) is 0.593. The standard InChI is InChI=1S/C27H44O2/c1-22(2)12-9-15-25(5)18-10-16-23(3)13-7-8-14-24(4)17-11-19-26(6)20-21-27(28)29/h12-14,18-19H,7-11,15-17,20-21H2,1-6H3,(H,28,29)/b23-13?,24-14+,25-18+,26-19?. The zero-order valence-electron chi connectivity index (χ0n) is 19.8. The summed E-state index contributed by atoms with van der Waals surface area (Å²) < 4.78 is 0. The number of carbonyl (C=O) groups is 1. The summed E-state index contributed by atoms with van der Waals surface area (Å²) in [6, 6.07) is 0. The van der Waals surface area contributed by atoms with Gasteiger partial charge in [-0.2, -0.15) is 0 Å². The molecule has 0 rings (SSSR count). The molecule has 0 aliphatic carbocycles. The van der Waals surface area contributed by atoms with E-state index in [-0.39, 0.29) is 6.42 Å². The lowest BCUT2D eigenvalue weighted by Crippen LogP contribution is -1.94. The molecule has 2 nitrogen and oxygen atoms in total. The van der Waals surface area contributed by atoms with Gasteiger partial charge in [0.15, 0.2) is 0 Å². The van der Waals surface area contributed by atoms with E-state index in [0.717, 1.165) is 44.9 Å². The molecule has 29 heavy (non-hydrogen) atoms. The van der Waals surface area contributed by atoms with Gasteiger partial charge in [0.05, 0.1) is 0 Å². The van der Waals surface area contributed by atoms with E-state index in [4.69, 9.17) is 5.11 Å². The number of allylic oxidation sites excluding steroid dienone is 10. The van der Waals surface area contributed by atoms with Gasteiger partial charge in [0.2, 0.25) is 0 Å². The minimum Gasteiger partial charge on any atom is -0.481 e. The number of aliphatic carboxylic acids is 1. The molecule has 0 saturated carbocycles. The van der Waals surface area contributed by atoms with Crippen LogP contribution in [0.15, 0.2) is 58.2 Å². The van der Waals surface area contributed by atoms with Crippen molar-refractivity contribution in [3.05, 3.63) is 58.2 Å². The topological polar surface area (TPSA) is 37.3 Å². The predicted octanol–water partition coefficient (Wildman–Crippen LogP) is 8.72. The molecule has 0 heterocycles. The first-order valence-corrected chi connectivity index (χ1v) is 11.2. The molecule has 0 aliphatic rings. The lowest BCUT2D eigenvalue weighted by Gasteiger charge is -2.02. The van der Waals surface area contributed by atoms with Gasteiger partial charge in [-0.05, 0) is 99.3 Å². The van der Waals surface area contributed by atoms with E-state index >= 15 is 0 Å². The van der Waals surface area contributed by atoms with Crippen LogP contribution in [-0.4, -0.2) is 11.1 Å². The Bertz CT molecular complexity index is 623. The predicted molar refractivity (Wildman–Crippen MR) is 128 cm³/mol. The first-order chi connectivity index (χ1) is 13.7. The van der Waals surface area contributed by atoms with Crippen molar-refractivity contribution < 1.29 is 9.90 Å². The van der Waals surface area contributed by atoms with Crippen molar-refractivity contribution in [3.63, 3.8) is 0 Å². The molecular formula is C27H44O2. The van der Waals surface area contributed by atoms with Crippen molar-refractivity contribution in [2.24, 2.45) is 0 Å². The Morgan fingerprint density at radius 3 is 1.24 bits per heavy atom. The zero-order valence-corrected chi connectivity index (χ0v) is 19.8. The van der Waals surface area contributed by atoms with Crippen LogP contribution in [0.25, 0.3) is 0 Å². The maximum Gasteiger partial charge on any atom is 0.303 e. The Hall–Kier alpha value is -1.83. The largest absolute Gasteiger partial charge is 0.481 e. The fourth-order valence-corrected chi connectivity index (χ4v) is 3.05. The highest BCUT2D eigenvalue weighted by molar-refractivity contribution is 5.66. The molecule has 0 saturated heterocycles. The van der Waals surface area contributed by atoms with Crippen LogP contribution < -0.4 is 0 Å². The normalized spacial score (nSPS) is 13.6. The molecule has 0 fully saturated rings. The molecule has 0 atom stereocenters. The van der Waals surface area contributed by atoms with Crippen LogP contribution in [0.3, 0.4) is 0 Å². The lowest BCUT2D eigenvalue weighted by molar-refractivity contribution is -0.136. The van der Waals surface area contributed by atoms with Crippen molar-refractivity contribution in [1.82, 2.24) is 0 Å². The van der Waals surface area contributed by atoms with Crippen LogP contribution in [0.5, 0.6) is 0 Å². The number of carboxylic acid groups (broad SMARTS) is 1. The zero-order chi connectivity index (χ0) is 22.1. The highest BCUT2D eigenvalue weighted by Gasteiger charge is 1.97. The highest BCUT2D eigenvalue weighted by Crippen LogP contribution is 2.14. The number of hydrogen-bond acceptors (Lipinski definition) is 1. The summed E-state index contributed by atoms with van der Waals surface area (Å²) in [5, 5.41) is 8.71. The van der Waals surface area contributed by atoms with Crippen LogP contribution in [0.4, 0.5) is 0 Å². The summed E-state index contributed by atoms with van der Waals surface area (Å²) in [7, 11) is 0. The molecule has 0 aromatic carbocycles. The molecule has 0 bridgehead atoms. The Balaban J connectivity index is 4.04. The van der Waals surface area contributed by atoms with E-state index in [0.29, 0.717) is 6.42 Å². The van der Waals surface area contributed by atoms with Crippen molar-refractivity contribution in [2.75, 3.05) is 0 Å². The maximum atomic E-state index is 10.6. The molecule has 0 aromatic heterocycles. The van der Waals surface area contributed by atoms with Gasteiger partial charge < -0.3 is 5.11 Å². The van der Waals surface area contributed by atoms with Gasteiger partial charge >= 0.3 is 5.97 Å². The Labute approximate surface area is 180 Å². The molecular weight excluding hydrogens is 356 g/mol. The van der Waals surface area contributed by atoms with Crippen molar-refractivity contribution in [3.8, 4) is 0 Å². The average Bonchev–Trinajstić information content (AvgIpc) is 2.63. The fourth-order valence-electron chi connectivity index (χ4n) is 3.05. The molecule has 0 amide bonds. The Kier molecular flexibility index (Phi) is 16.0. The van der Waals surface area contributed by atoms with Crippen LogP contribution in [0, 0.1) is 0 Å². The lowest BCUT2D eigenvalue weighted by atomic mass is 10.0. The summed E-state index contributed by atoms with van der Waals surface area (Å²) >= 11 is 0. The summed E-state index contributed by atoms with van der Waals surface area (Å²) in [6.45, 7) is 13.0. The average molecular weight is 401 g/mol. The molecule has 0 radical (unpaired) electrons. The summed E-state index contributed by atoms with van der Waals surface area (Å²) in [5.74, 6) is -0.720. The minimum absolute atomic E-state index is 0.230. The smallest absolute Gasteiger partial charge is 0.303 e. The summed E-state index contributed by atoms with van der Waals surface area (Å²) in [5.41, 5.74) is 7.00. The molecule has 0 spiro atoms. The van der Waals surface area contributed by atoms with E-state index in [1.54, 1.807) is 0 Å². The Morgan fingerprint density at radius 2 is 0.862 bits per heavy atom. The van der Waals surface area contributed by atoms with E-state index in [9.17, 15) is 4.79 Å². The first kappa shape index (κ1) is 27.2. The second-order valence-electron chi connectivity index (χ2n) is 8.57. The SMILES string of the molecule is CC(C)=CCC/C(C)=C/CCC(C)=CCC/C=C(\C)CCC=C(C)CCC(=O)O. The van der Waals surface area contributed by atoms with Crippen LogP contribution >= 0.6 is 0 Å². The molecule has 1 N–H and O–H groups in total. The van der Waals surface area contributed by atoms with E-state index in [1.807, 2.05) is 6.92 Å². The summed E-state index contributed by atoms with van der Waals surface area (Å²) in [4.78, 5) is 10.6. The minimum atomic E-state index is -0.720. The van der Waals surface area contributed by atoms with E-state index in [1.165, 1.54) is 34.3 Å². The van der Waals surface area contributed by atoms with Gasteiger partial charge in [0.1, 0.15) is 0 Å². The van der Waals surface area contributed by atoms with Crippen LogP contribution in [0.2, 0.25) is 0 Å². The van der Waals surface area contributed by atoms with E-state index in [2.05, 4.69) is 65.0 Å². The van der Waals surface area contributed by atoms with Crippen LogP contribution in [-0.2, 0) is 4.79 Å². The van der Waals surface area contributed by atoms with Gasteiger partial charge in [0.25, 0.3) is 0 Å². The Morgan fingerprint density at radius 1 is 0.517 bits per heavy atom. The number of unbranched alkanes of at least 4 members (excludes halogenated alkanes) is 1. The second kappa shape index (κ2) is 17.1. The molecule has 0 unspecified atom stereocenters. The monoisotopic (exact) mass is 400 g/mol. The van der Waals surface area contributed by atoms with Crippen molar-refractivity contribution in [1.29, 1.82) is 0 Å².